The number of ether oxygens (including phenoxy) is 3. The van der Waals surface area contributed by atoms with Crippen molar-refractivity contribution in [3.63, 3.8) is 0 Å². The average Bonchev–Trinajstić information content (AvgIpc) is 2.53. The van der Waals surface area contributed by atoms with Crippen LogP contribution in [0, 0.1) is 5.92 Å². The Balaban J connectivity index is 2.37. The topological polar surface area (TPSA) is 56.8 Å². The molecule has 1 saturated heterocycles. The molecule has 0 aromatic heterocycles. The van der Waals surface area contributed by atoms with Crippen LogP contribution in [0.2, 0.25) is 0 Å². The predicted molar refractivity (Wildman–Crippen MR) is 76.0 cm³/mol. The van der Waals surface area contributed by atoms with Crippen LogP contribution in [0.15, 0.2) is 12.1 Å². The summed E-state index contributed by atoms with van der Waals surface area (Å²) < 4.78 is 15.9. The summed E-state index contributed by atoms with van der Waals surface area (Å²) in [7, 11) is 4.63. The second kappa shape index (κ2) is 6.61. The van der Waals surface area contributed by atoms with Crippen LogP contribution in [-0.2, 0) is 0 Å². The van der Waals surface area contributed by atoms with Crippen LogP contribution in [-0.4, -0.2) is 40.2 Å². The van der Waals surface area contributed by atoms with Gasteiger partial charge in [0.25, 0.3) is 0 Å². The first kappa shape index (κ1) is 14.7. The monoisotopic (exact) mass is 279 g/mol. The first-order valence-corrected chi connectivity index (χ1v) is 6.76. The van der Waals surface area contributed by atoms with Gasteiger partial charge in [-0.25, -0.2) is 0 Å². The van der Waals surface area contributed by atoms with E-state index in [-0.39, 0.29) is 11.7 Å². The molecular weight excluding hydrogens is 258 g/mol. The molecule has 1 aromatic carbocycles. The first-order valence-electron chi connectivity index (χ1n) is 6.76. The Morgan fingerprint density at radius 1 is 1.15 bits per heavy atom. The zero-order valence-electron chi connectivity index (χ0n) is 12.2. The first-order chi connectivity index (χ1) is 9.72. The van der Waals surface area contributed by atoms with Gasteiger partial charge in [0.2, 0.25) is 5.75 Å². The van der Waals surface area contributed by atoms with Crippen LogP contribution < -0.4 is 19.5 Å². The van der Waals surface area contributed by atoms with Crippen LogP contribution in [0.1, 0.15) is 23.2 Å². The summed E-state index contributed by atoms with van der Waals surface area (Å²) in [5.74, 6) is 1.56. The molecule has 1 N–H and O–H groups in total. The molecule has 1 aliphatic heterocycles. The summed E-state index contributed by atoms with van der Waals surface area (Å²) in [4.78, 5) is 12.6. The van der Waals surface area contributed by atoms with Gasteiger partial charge in [-0.3, -0.25) is 4.79 Å². The number of carbonyl (C=O) groups excluding carboxylic acids is 1. The summed E-state index contributed by atoms with van der Waals surface area (Å²) in [6.45, 7) is 1.70. The maximum absolute atomic E-state index is 12.6. The zero-order chi connectivity index (χ0) is 14.5. The third-order valence-electron chi connectivity index (χ3n) is 3.64. The maximum Gasteiger partial charge on any atom is 0.204 e. The van der Waals surface area contributed by atoms with Gasteiger partial charge in [0.15, 0.2) is 17.3 Å². The molecule has 1 heterocycles. The number of nitrogens with one attached hydrogen (secondary N) is 1. The highest BCUT2D eigenvalue weighted by molar-refractivity contribution is 6.01. The average molecular weight is 279 g/mol. The van der Waals surface area contributed by atoms with Gasteiger partial charge >= 0.3 is 0 Å². The third-order valence-corrected chi connectivity index (χ3v) is 3.64. The lowest BCUT2D eigenvalue weighted by Crippen LogP contribution is -2.34. The van der Waals surface area contributed by atoms with Crippen molar-refractivity contribution >= 4 is 5.78 Å². The van der Waals surface area contributed by atoms with Crippen LogP contribution in [0.4, 0.5) is 0 Å². The van der Waals surface area contributed by atoms with Gasteiger partial charge in [-0.2, -0.15) is 0 Å². The number of ketones is 1. The van der Waals surface area contributed by atoms with Crippen molar-refractivity contribution in [3.05, 3.63) is 17.7 Å². The molecule has 1 unspecified atom stereocenters. The van der Waals surface area contributed by atoms with Crippen LogP contribution >= 0.6 is 0 Å². The molecule has 1 atom stereocenters. The van der Waals surface area contributed by atoms with Crippen molar-refractivity contribution in [1.82, 2.24) is 5.32 Å². The van der Waals surface area contributed by atoms with Crippen LogP contribution in [0.3, 0.4) is 0 Å². The fourth-order valence-electron chi connectivity index (χ4n) is 2.59. The van der Waals surface area contributed by atoms with Crippen molar-refractivity contribution in [2.24, 2.45) is 5.92 Å². The smallest absolute Gasteiger partial charge is 0.204 e. The molecule has 0 bridgehead atoms. The van der Waals surface area contributed by atoms with E-state index in [1.807, 2.05) is 0 Å². The standard InChI is InChI=1S/C15H21NO4/c1-18-12-7-6-11(14(19-2)15(12)20-3)13(17)10-5-4-8-16-9-10/h6-7,10,16H,4-5,8-9H2,1-3H3. The summed E-state index contributed by atoms with van der Waals surface area (Å²) in [5, 5.41) is 3.26. The van der Waals surface area contributed by atoms with Gasteiger partial charge in [0, 0.05) is 12.5 Å². The van der Waals surface area contributed by atoms with E-state index in [1.54, 1.807) is 19.2 Å². The Labute approximate surface area is 119 Å². The molecule has 0 aliphatic carbocycles. The molecule has 5 heteroatoms. The largest absolute Gasteiger partial charge is 0.493 e. The number of carbonyl (C=O) groups is 1. The molecule has 5 nitrogen and oxygen atoms in total. The number of hydrogen-bond acceptors (Lipinski definition) is 5. The van der Waals surface area contributed by atoms with Gasteiger partial charge in [-0.1, -0.05) is 0 Å². The van der Waals surface area contributed by atoms with Gasteiger partial charge in [0.1, 0.15) is 0 Å². The molecule has 2 rings (SSSR count). The highest BCUT2D eigenvalue weighted by atomic mass is 16.5. The van der Waals surface area contributed by atoms with E-state index < -0.39 is 0 Å². The molecule has 0 amide bonds. The normalized spacial score (nSPS) is 18.4. The maximum atomic E-state index is 12.6. The van der Waals surface area contributed by atoms with Crippen molar-refractivity contribution in [2.45, 2.75) is 12.8 Å². The second-order valence-electron chi connectivity index (χ2n) is 4.79. The minimum Gasteiger partial charge on any atom is -0.493 e. The fourth-order valence-corrected chi connectivity index (χ4v) is 2.59. The number of hydrogen-bond donors (Lipinski definition) is 1. The van der Waals surface area contributed by atoms with Crippen LogP contribution in [0.25, 0.3) is 0 Å². The van der Waals surface area contributed by atoms with E-state index in [0.29, 0.717) is 22.8 Å². The zero-order valence-corrected chi connectivity index (χ0v) is 12.2. The number of methoxy groups -OCH3 is 3. The van der Waals surface area contributed by atoms with Crippen molar-refractivity contribution < 1.29 is 19.0 Å². The van der Waals surface area contributed by atoms with Gasteiger partial charge in [-0.05, 0) is 31.5 Å². The van der Waals surface area contributed by atoms with Gasteiger partial charge in [-0.15, -0.1) is 0 Å². The molecule has 0 spiro atoms. The Kier molecular flexibility index (Phi) is 4.84. The van der Waals surface area contributed by atoms with Crippen LogP contribution in [0.5, 0.6) is 17.2 Å². The van der Waals surface area contributed by atoms with Crippen molar-refractivity contribution in [3.8, 4) is 17.2 Å². The third kappa shape index (κ3) is 2.72. The van der Waals surface area contributed by atoms with Gasteiger partial charge < -0.3 is 19.5 Å². The Morgan fingerprint density at radius 2 is 1.90 bits per heavy atom. The van der Waals surface area contributed by atoms with Crippen molar-refractivity contribution in [1.29, 1.82) is 0 Å². The molecule has 0 saturated carbocycles. The van der Waals surface area contributed by atoms with E-state index in [0.717, 1.165) is 25.9 Å². The number of rotatable bonds is 5. The Hall–Kier alpha value is -1.75. The summed E-state index contributed by atoms with van der Waals surface area (Å²) in [5.41, 5.74) is 0.554. The summed E-state index contributed by atoms with van der Waals surface area (Å²) >= 11 is 0. The number of piperidine rings is 1. The minimum atomic E-state index is -0.00393. The van der Waals surface area contributed by atoms with Crippen molar-refractivity contribution in [2.75, 3.05) is 34.4 Å². The minimum absolute atomic E-state index is 0.00393. The SMILES string of the molecule is COc1ccc(C(=O)C2CCCNC2)c(OC)c1OC. The lowest BCUT2D eigenvalue weighted by molar-refractivity contribution is 0.0896. The Bertz CT molecular complexity index is 481. The van der Waals surface area contributed by atoms with E-state index in [9.17, 15) is 4.79 Å². The number of Topliss-reactive ketones (excluding diaryl/α,β-unsaturated/α-hetero) is 1. The quantitative estimate of drug-likeness (QED) is 0.834. The summed E-state index contributed by atoms with van der Waals surface area (Å²) in [6, 6.07) is 3.49. The van der Waals surface area contributed by atoms with E-state index >= 15 is 0 Å². The van der Waals surface area contributed by atoms with E-state index in [2.05, 4.69) is 5.32 Å². The lowest BCUT2D eigenvalue weighted by Gasteiger charge is -2.23. The second-order valence-corrected chi connectivity index (χ2v) is 4.79. The van der Waals surface area contributed by atoms with E-state index in [1.165, 1.54) is 14.2 Å². The fraction of sp³-hybridized carbons (Fsp3) is 0.533. The highest BCUT2D eigenvalue weighted by Gasteiger charge is 2.27. The molecule has 1 fully saturated rings. The molecule has 110 valence electrons. The molecule has 1 aromatic rings. The molecule has 1 aliphatic rings. The molecular formula is C15H21NO4. The highest BCUT2D eigenvalue weighted by Crippen LogP contribution is 2.40. The predicted octanol–water partition coefficient (Wildman–Crippen LogP) is 1.89. The lowest BCUT2D eigenvalue weighted by atomic mass is 9.90. The van der Waals surface area contributed by atoms with Gasteiger partial charge in [0.05, 0.1) is 26.9 Å². The molecule has 0 radical (unpaired) electrons. The molecule has 20 heavy (non-hydrogen) atoms. The Morgan fingerprint density at radius 3 is 2.45 bits per heavy atom. The van der Waals surface area contributed by atoms with E-state index in [4.69, 9.17) is 14.2 Å². The number of benzene rings is 1. The summed E-state index contributed by atoms with van der Waals surface area (Å²) in [6.07, 6.45) is 1.93.